The lowest BCUT2D eigenvalue weighted by Crippen LogP contribution is -2.01. The van der Waals surface area contributed by atoms with Gasteiger partial charge in [-0.3, -0.25) is 0 Å². The predicted octanol–water partition coefficient (Wildman–Crippen LogP) is 6.14. The van der Waals surface area contributed by atoms with Crippen LogP contribution in [-0.2, 0) is 0 Å². The lowest BCUT2D eigenvalue weighted by Gasteiger charge is -2.18. The van der Waals surface area contributed by atoms with Crippen LogP contribution in [0.3, 0.4) is 0 Å². The molecule has 0 spiro atoms. The minimum absolute atomic E-state index is 0.576. The van der Waals surface area contributed by atoms with Gasteiger partial charge in [0, 0.05) is 21.5 Å². The van der Waals surface area contributed by atoms with Crippen molar-refractivity contribution < 1.29 is 0 Å². The predicted molar refractivity (Wildman–Crippen MR) is 93.5 cm³/mol. The maximum Gasteiger partial charge on any atom is 0.0456 e. The molecule has 3 aromatic rings. The molecule has 0 saturated carbocycles. The molecule has 0 aliphatic heterocycles. The van der Waals surface area contributed by atoms with Crippen molar-refractivity contribution in [2.75, 3.05) is 0 Å². The molecule has 2 heterocycles. The summed E-state index contributed by atoms with van der Waals surface area (Å²) >= 11 is 1.92. The van der Waals surface area contributed by atoms with Gasteiger partial charge < -0.3 is 4.98 Å². The maximum atomic E-state index is 3.31. The van der Waals surface area contributed by atoms with E-state index in [0.29, 0.717) is 11.8 Å². The van der Waals surface area contributed by atoms with E-state index in [1.54, 1.807) is 0 Å². The molecule has 0 fully saturated rings. The summed E-state index contributed by atoms with van der Waals surface area (Å²) in [7, 11) is 0. The summed E-state index contributed by atoms with van der Waals surface area (Å²) in [4.78, 5) is 6.22. The molecule has 0 radical (unpaired) electrons. The molecule has 3 rings (SSSR count). The second kappa shape index (κ2) is 5.69. The Morgan fingerprint density at radius 3 is 2.57 bits per heavy atom. The number of benzene rings is 1. The monoisotopic (exact) mass is 297 g/mol. The summed E-state index contributed by atoms with van der Waals surface area (Å²) in [6, 6.07) is 11.3. The molecule has 21 heavy (non-hydrogen) atoms. The average molecular weight is 297 g/mol. The molecule has 1 aromatic carbocycles. The van der Waals surface area contributed by atoms with Crippen molar-refractivity contribution >= 4 is 22.2 Å². The van der Waals surface area contributed by atoms with Gasteiger partial charge in [0.25, 0.3) is 0 Å². The highest BCUT2D eigenvalue weighted by Gasteiger charge is 2.16. The van der Waals surface area contributed by atoms with Crippen LogP contribution in [0, 0.1) is 13.8 Å². The molecule has 0 bridgehead atoms. The molecule has 2 atom stereocenters. The SMILES string of the molecule is Cc1cc(C(C)CC(C)c2ccc3cc[nH]c3c2)c(C)s1. The maximum absolute atomic E-state index is 3.31. The van der Waals surface area contributed by atoms with Crippen molar-refractivity contribution in [1.29, 1.82) is 0 Å². The van der Waals surface area contributed by atoms with Crippen LogP contribution in [0.25, 0.3) is 10.9 Å². The van der Waals surface area contributed by atoms with Gasteiger partial charge in [0.15, 0.2) is 0 Å². The van der Waals surface area contributed by atoms with E-state index in [0.717, 1.165) is 0 Å². The summed E-state index contributed by atoms with van der Waals surface area (Å²) in [5.74, 6) is 1.19. The minimum Gasteiger partial charge on any atom is -0.361 e. The molecule has 2 unspecified atom stereocenters. The van der Waals surface area contributed by atoms with Gasteiger partial charge in [-0.15, -0.1) is 11.3 Å². The number of hydrogen-bond acceptors (Lipinski definition) is 1. The third-order valence-electron chi connectivity index (χ3n) is 4.47. The molecule has 110 valence electrons. The third-order valence-corrected chi connectivity index (χ3v) is 5.45. The van der Waals surface area contributed by atoms with Crippen molar-refractivity contribution in [1.82, 2.24) is 4.98 Å². The van der Waals surface area contributed by atoms with Gasteiger partial charge in [0.2, 0.25) is 0 Å². The number of aromatic nitrogens is 1. The van der Waals surface area contributed by atoms with Crippen molar-refractivity contribution in [3.63, 3.8) is 0 Å². The van der Waals surface area contributed by atoms with Crippen LogP contribution >= 0.6 is 11.3 Å². The number of thiophene rings is 1. The van der Waals surface area contributed by atoms with Gasteiger partial charge in [0.1, 0.15) is 0 Å². The first-order chi connectivity index (χ1) is 10.0. The Morgan fingerprint density at radius 1 is 1.05 bits per heavy atom. The van der Waals surface area contributed by atoms with Gasteiger partial charge >= 0.3 is 0 Å². The zero-order valence-electron chi connectivity index (χ0n) is 13.2. The fourth-order valence-electron chi connectivity index (χ4n) is 3.31. The van der Waals surface area contributed by atoms with Gasteiger partial charge in [-0.1, -0.05) is 26.0 Å². The van der Waals surface area contributed by atoms with E-state index in [4.69, 9.17) is 0 Å². The van der Waals surface area contributed by atoms with Crippen molar-refractivity contribution in [2.45, 2.75) is 46.0 Å². The smallest absolute Gasteiger partial charge is 0.0456 e. The van der Waals surface area contributed by atoms with E-state index in [1.807, 2.05) is 17.5 Å². The molecule has 2 aromatic heterocycles. The molecule has 0 aliphatic carbocycles. The van der Waals surface area contributed by atoms with E-state index >= 15 is 0 Å². The van der Waals surface area contributed by atoms with E-state index in [-0.39, 0.29) is 0 Å². The Morgan fingerprint density at radius 2 is 1.86 bits per heavy atom. The summed E-state index contributed by atoms with van der Waals surface area (Å²) in [6.07, 6.45) is 3.21. The lowest BCUT2D eigenvalue weighted by atomic mass is 9.87. The Balaban J connectivity index is 1.78. The number of H-pyrrole nitrogens is 1. The van der Waals surface area contributed by atoms with Gasteiger partial charge in [-0.2, -0.15) is 0 Å². The van der Waals surface area contributed by atoms with Crippen molar-refractivity contribution in [3.8, 4) is 0 Å². The van der Waals surface area contributed by atoms with Gasteiger partial charge in [-0.05, 0) is 66.8 Å². The van der Waals surface area contributed by atoms with Crippen LogP contribution in [0.1, 0.15) is 53.0 Å². The zero-order chi connectivity index (χ0) is 15.0. The average Bonchev–Trinajstić information content (AvgIpc) is 3.03. The van der Waals surface area contributed by atoms with E-state index in [2.05, 4.69) is 63.0 Å². The summed E-state index contributed by atoms with van der Waals surface area (Å²) in [5, 5.41) is 1.29. The second-order valence-electron chi connectivity index (χ2n) is 6.23. The number of aromatic amines is 1. The van der Waals surface area contributed by atoms with Crippen molar-refractivity contribution in [3.05, 3.63) is 57.4 Å². The molecule has 1 N–H and O–H groups in total. The van der Waals surface area contributed by atoms with E-state index in [1.165, 1.54) is 38.2 Å². The largest absolute Gasteiger partial charge is 0.361 e. The lowest BCUT2D eigenvalue weighted by molar-refractivity contribution is 0.593. The van der Waals surface area contributed by atoms with Crippen LogP contribution in [-0.4, -0.2) is 4.98 Å². The zero-order valence-corrected chi connectivity index (χ0v) is 14.1. The number of hydrogen-bond donors (Lipinski definition) is 1. The fraction of sp³-hybridized carbons (Fsp3) is 0.368. The summed E-state index contributed by atoms with van der Waals surface area (Å²) in [5.41, 5.74) is 4.21. The first-order valence-corrected chi connectivity index (χ1v) is 8.50. The van der Waals surface area contributed by atoms with Gasteiger partial charge in [0.05, 0.1) is 0 Å². The topological polar surface area (TPSA) is 15.8 Å². The number of nitrogens with one attached hydrogen (secondary N) is 1. The number of rotatable bonds is 4. The summed E-state index contributed by atoms with van der Waals surface area (Å²) < 4.78 is 0. The van der Waals surface area contributed by atoms with Crippen LogP contribution in [0.4, 0.5) is 0 Å². The van der Waals surface area contributed by atoms with Crippen LogP contribution in [0.5, 0.6) is 0 Å². The molecule has 2 heteroatoms. The quantitative estimate of drug-likeness (QED) is 0.595. The molecule has 0 amide bonds. The molecular weight excluding hydrogens is 274 g/mol. The standard InChI is InChI=1S/C19H23NS/c1-12(9-13(2)18-10-14(3)21-15(18)4)17-6-5-16-7-8-20-19(16)11-17/h5-8,10-13,20H,9H2,1-4H3. The number of aryl methyl sites for hydroxylation is 2. The Bertz CT molecular complexity index is 750. The highest BCUT2D eigenvalue weighted by Crippen LogP contribution is 2.34. The summed E-state index contributed by atoms with van der Waals surface area (Å²) in [6.45, 7) is 9.16. The normalized spacial score (nSPS) is 14.5. The van der Waals surface area contributed by atoms with Crippen molar-refractivity contribution in [2.24, 2.45) is 0 Å². The first kappa shape index (κ1) is 14.4. The van der Waals surface area contributed by atoms with Crippen LogP contribution in [0.15, 0.2) is 36.5 Å². The highest BCUT2D eigenvalue weighted by atomic mass is 32.1. The molecular formula is C19H23NS. The molecule has 1 nitrogen and oxygen atoms in total. The van der Waals surface area contributed by atoms with Crippen LogP contribution in [0.2, 0.25) is 0 Å². The minimum atomic E-state index is 0.576. The molecule has 0 saturated heterocycles. The highest BCUT2D eigenvalue weighted by molar-refractivity contribution is 7.12. The Kier molecular flexibility index (Phi) is 3.90. The second-order valence-corrected chi connectivity index (χ2v) is 7.69. The number of fused-ring (bicyclic) bond motifs is 1. The fourth-order valence-corrected chi connectivity index (χ4v) is 4.35. The Hall–Kier alpha value is -1.54. The molecule has 0 aliphatic rings. The first-order valence-electron chi connectivity index (χ1n) is 7.68. The van der Waals surface area contributed by atoms with E-state index in [9.17, 15) is 0 Å². The Labute approximate surface area is 131 Å². The van der Waals surface area contributed by atoms with Crippen LogP contribution < -0.4 is 0 Å². The third kappa shape index (κ3) is 2.91. The van der Waals surface area contributed by atoms with Gasteiger partial charge in [-0.25, -0.2) is 0 Å². The van der Waals surface area contributed by atoms with E-state index < -0.39 is 0 Å².